The third kappa shape index (κ3) is 6.56. The number of rotatable bonds is 7. The molecule has 0 bridgehead atoms. The van der Waals surface area contributed by atoms with E-state index in [1.54, 1.807) is 19.9 Å². The summed E-state index contributed by atoms with van der Waals surface area (Å²) in [5.74, 6) is -1.82. The lowest BCUT2D eigenvalue weighted by atomic mass is 10.1. The molecule has 0 atom stereocenters. The lowest BCUT2D eigenvalue weighted by Crippen LogP contribution is -2.39. The molecule has 2 aromatic carbocycles. The SMILES string of the molecule is CCN(CC(=O)Nc1ccc(C)cc1F)CC(=O)Nc1ccccc1C(F)(F)F. The molecule has 9 heteroatoms. The lowest BCUT2D eigenvalue weighted by Gasteiger charge is -2.20. The van der Waals surface area contributed by atoms with Gasteiger partial charge in [0.15, 0.2) is 0 Å². The number of likely N-dealkylation sites (N-methyl/N-ethyl adjacent to an activating group) is 1. The molecule has 156 valence electrons. The van der Waals surface area contributed by atoms with Crippen LogP contribution in [0.1, 0.15) is 18.1 Å². The predicted octanol–water partition coefficient (Wildman–Crippen LogP) is 4.05. The Morgan fingerprint density at radius 2 is 1.55 bits per heavy atom. The molecule has 0 heterocycles. The summed E-state index contributed by atoms with van der Waals surface area (Å²) >= 11 is 0. The zero-order valence-electron chi connectivity index (χ0n) is 15.9. The van der Waals surface area contributed by atoms with Crippen molar-refractivity contribution in [1.82, 2.24) is 4.90 Å². The van der Waals surface area contributed by atoms with Crippen LogP contribution in [0.25, 0.3) is 0 Å². The Hall–Kier alpha value is -2.94. The molecular weight excluding hydrogens is 390 g/mol. The van der Waals surface area contributed by atoms with E-state index < -0.39 is 29.4 Å². The van der Waals surface area contributed by atoms with Gasteiger partial charge in [-0.05, 0) is 43.3 Å². The average Bonchev–Trinajstić information content (AvgIpc) is 2.63. The van der Waals surface area contributed by atoms with Crippen LogP contribution in [-0.4, -0.2) is 36.3 Å². The molecule has 0 unspecified atom stereocenters. The predicted molar refractivity (Wildman–Crippen MR) is 102 cm³/mol. The number of halogens is 4. The van der Waals surface area contributed by atoms with Crippen molar-refractivity contribution < 1.29 is 27.2 Å². The maximum atomic E-state index is 13.8. The summed E-state index contributed by atoms with van der Waals surface area (Å²) in [6.07, 6.45) is -4.60. The fourth-order valence-corrected chi connectivity index (χ4v) is 2.63. The third-order valence-corrected chi connectivity index (χ3v) is 4.09. The van der Waals surface area contributed by atoms with Crippen molar-refractivity contribution in [3.63, 3.8) is 0 Å². The zero-order chi connectivity index (χ0) is 21.6. The Kier molecular flexibility index (Phi) is 7.33. The average molecular weight is 411 g/mol. The van der Waals surface area contributed by atoms with Crippen LogP contribution in [0.5, 0.6) is 0 Å². The lowest BCUT2D eigenvalue weighted by molar-refractivity contribution is -0.137. The Balaban J connectivity index is 1.97. The molecule has 29 heavy (non-hydrogen) atoms. The summed E-state index contributed by atoms with van der Waals surface area (Å²) in [6.45, 7) is 3.17. The van der Waals surface area contributed by atoms with Gasteiger partial charge in [-0.25, -0.2) is 4.39 Å². The molecule has 0 radical (unpaired) electrons. The number of hydrogen-bond donors (Lipinski definition) is 2. The molecule has 5 nitrogen and oxygen atoms in total. The second-order valence-electron chi connectivity index (χ2n) is 6.43. The molecule has 0 aliphatic rings. The van der Waals surface area contributed by atoms with E-state index in [1.807, 2.05) is 0 Å². The summed E-state index contributed by atoms with van der Waals surface area (Å²) in [5, 5.41) is 4.65. The molecule has 0 saturated carbocycles. The molecule has 2 amide bonds. The minimum Gasteiger partial charge on any atom is -0.324 e. The largest absolute Gasteiger partial charge is 0.418 e. The standard InChI is InChI=1S/C20H21F4N3O2/c1-3-27(12-19(29)26-17-9-8-13(2)10-15(17)21)11-18(28)25-16-7-5-4-6-14(16)20(22,23)24/h4-10H,3,11-12H2,1-2H3,(H,25,28)(H,26,29). The van der Waals surface area contributed by atoms with Gasteiger partial charge in [0, 0.05) is 0 Å². The molecule has 2 rings (SSSR count). The Bertz CT molecular complexity index is 884. The molecule has 0 aliphatic carbocycles. The third-order valence-electron chi connectivity index (χ3n) is 4.09. The maximum absolute atomic E-state index is 13.8. The zero-order valence-corrected chi connectivity index (χ0v) is 15.9. The van der Waals surface area contributed by atoms with Gasteiger partial charge in [0.25, 0.3) is 0 Å². The minimum atomic E-state index is -4.60. The number of amides is 2. The molecule has 0 aromatic heterocycles. The summed E-state index contributed by atoms with van der Waals surface area (Å²) in [5.41, 5.74) is -0.595. The van der Waals surface area contributed by atoms with Gasteiger partial charge in [-0.15, -0.1) is 0 Å². The summed E-state index contributed by atoms with van der Waals surface area (Å²) < 4.78 is 52.9. The summed E-state index contributed by atoms with van der Waals surface area (Å²) in [6, 6.07) is 8.98. The van der Waals surface area contributed by atoms with E-state index in [1.165, 1.54) is 29.2 Å². The highest BCUT2D eigenvalue weighted by molar-refractivity contribution is 5.95. The number of nitrogens with zero attached hydrogens (tertiary/aromatic N) is 1. The first-order valence-corrected chi connectivity index (χ1v) is 8.84. The molecule has 0 aliphatic heterocycles. The molecule has 0 fully saturated rings. The molecule has 2 aromatic rings. The van der Waals surface area contributed by atoms with E-state index in [-0.39, 0.29) is 31.0 Å². The highest BCUT2D eigenvalue weighted by Crippen LogP contribution is 2.34. The van der Waals surface area contributed by atoms with Crippen LogP contribution in [0.3, 0.4) is 0 Å². The number of nitrogens with one attached hydrogen (secondary N) is 2. The van der Waals surface area contributed by atoms with Crippen molar-refractivity contribution in [2.24, 2.45) is 0 Å². The van der Waals surface area contributed by atoms with Crippen molar-refractivity contribution in [1.29, 1.82) is 0 Å². The first-order valence-electron chi connectivity index (χ1n) is 8.84. The van der Waals surface area contributed by atoms with Gasteiger partial charge < -0.3 is 10.6 Å². The number of anilines is 2. The van der Waals surface area contributed by atoms with Gasteiger partial charge in [0.2, 0.25) is 11.8 Å². The van der Waals surface area contributed by atoms with Crippen LogP contribution in [0, 0.1) is 12.7 Å². The van der Waals surface area contributed by atoms with Crippen LogP contribution in [0.15, 0.2) is 42.5 Å². The number of aryl methyl sites for hydroxylation is 1. The van der Waals surface area contributed by atoms with E-state index in [9.17, 15) is 27.2 Å². The van der Waals surface area contributed by atoms with Gasteiger partial charge in [-0.1, -0.05) is 25.1 Å². The summed E-state index contributed by atoms with van der Waals surface area (Å²) in [7, 11) is 0. The highest BCUT2D eigenvalue weighted by Gasteiger charge is 2.33. The summed E-state index contributed by atoms with van der Waals surface area (Å²) in [4.78, 5) is 25.7. The van der Waals surface area contributed by atoms with E-state index in [2.05, 4.69) is 10.6 Å². The number of benzene rings is 2. The molecule has 0 spiro atoms. The first-order chi connectivity index (χ1) is 13.6. The number of carbonyl (C=O) groups is 2. The second kappa shape index (κ2) is 9.51. The minimum absolute atomic E-state index is 0.0141. The van der Waals surface area contributed by atoms with Crippen molar-refractivity contribution in [3.8, 4) is 0 Å². The van der Waals surface area contributed by atoms with Gasteiger partial charge in [-0.2, -0.15) is 13.2 Å². The molecule has 0 saturated heterocycles. The Labute approximate surface area is 165 Å². The fourth-order valence-electron chi connectivity index (χ4n) is 2.63. The van der Waals surface area contributed by atoms with Gasteiger partial charge in [0.1, 0.15) is 5.82 Å². The number of alkyl halides is 3. The molecule has 2 N–H and O–H groups in total. The van der Waals surface area contributed by atoms with Gasteiger partial charge in [0.05, 0.1) is 30.0 Å². The van der Waals surface area contributed by atoms with Crippen LogP contribution in [0.4, 0.5) is 28.9 Å². The monoisotopic (exact) mass is 411 g/mol. The Morgan fingerprint density at radius 1 is 0.966 bits per heavy atom. The number of hydrogen-bond acceptors (Lipinski definition) is 3. The number of carbonyl (C=O) groups excluding carboxylic acids is 2. The highest BCUT2D eigenvalue weighted by atomic mass is 19.4. The second-order valence-corrected chi connectivity index (χ2v) is 6.43. The van der Waals surface area contributed by atoms with Crippen molar-refractivity contribution in [2.75, 3.05) is 30.3 Å². The van der Waals surface area contributed by atoms with E-state index in [0.717, 1.165) is 12.1 Å². The van der Waals surface area contributed by atoms with Crippen LogP contribution in [-0.2, 0) is 15.8 Å². The van der Waals surface area contributed by atoms with E-state index in [0.29, 0.717) is 5.56 Å². The van der Waals surface area contributed by atoms with Crippen LogP contribution < -0.4 is 10.6 Å². The Morgan fingerprint density at radius 3 is 2.10 bits per heavy atom. The normalized spacial score (nSPS) is 11.4. The maximum Gasteiger partial charge on any atom is 0.418 e. The van der Waals surface area contributed by atoms with Gasteiger partial charge >= 0.3 is 6.18 Å². The topological polar surface area (TPSA) is 61.4 Å². The first kappa shape index (κ1) is 22.4. The smallest absolute Gasteiger partial charge is 0.324 e. The van der Waals surface area contributed by atoms with E-state index in [4.69, 9.17) is 0 Å². The van der Waals surface area contributed by atoms with Crippen molar-refractivity contribution >= 4 is 23.2 Å². The number of para-hydroxylation sites is 1. The quantitative estimate of drug-likeness (QED) is 0.676. The van der Waals surface area contributed by atoms with Crippen LogP contribution >= 0.6 is 0 Å². The molecular formula is C20H21F4N3O2. The van der Waals surface area contributed by atoms with Gasteiger partial charge in [-0.3, -0.25) is 14.5 Å². The van der Waals surface area contributed by atoms with Crippen molar-refractivity contribution in [3.05, 3.63) is 59.4 Å². The van der Waals surface area contributed by atoms with Crippen LogP contribution in [0.2, 0.25) is 0 Å². The van der Waals surface area contributed by atoms with E-state index >= 15 is 0 Å². The van der Waals surface area contributed by atoms with Crippen molar-refractivity contribution in [2.45, 2.75) is 20.0 Å². The fraction of sp³-hybridized carbons (Fsp3) is 0.300.